The third-order valence-electron chi connectivity index (χ3n) is 7.36. The largest absolute Gasteiger partial charge is 0.299 e. The van der Waals surface area contributed by atoms with Crippen molar-refractivity contribution in [3.05, 3.63) is 69.7 Å². The molecule has 2 aromatic carbocycles. The first kappa shape index (κ1) is 20.7. The van der Waals surface area contributed by atoms with Gasteiger partial charge in [-0.15, -0.1) is 0 Å². The lowest BCUT2D eigenvalue weighted by molar-refractivity contribution is 0.106. The lowest BCUT2D eigenvalue weighted by Crippen LogP contribution is -2.53. The molecule has 6 heteroatoms. The van der Waals surface area contributed by atoms with Crippen LogP contribution in [0.2, 0.25) is 5.02 Å². The third-order valence-corrected chi connectivity index (χ3v) is 8.21. The van der Waals surface area contributed by atoms with Crippen molar-refractivity contribution in [1.29, 1.82) is 0 Å². The fourth-order valence-electron chi connectivity index (χ4n) is 5.57. The summed E-state index contributed by atoms with van der Waals surface area (Å²) in [5.41, 5.74) is 5.26. The second kappa shape index (κ2) is 8.36. The van der Waals surface area contributed by atoms with Gasteiger partial charge >= 0.3 is 0 Å². The SMILES string of the molecule is O=S(O)NC1(Cc2ccc3c(c2)C(Cc2cccc(Cl)c2)C(N2CCC2)C3)CCC1. The first-order valence-electron chi connectivity index (χ1n) is 11.0. The number of nitrogens with one attached hydrogen (secondary N) is 1. The van der Waals surface area contributed by atoms with Gasteiger partial charge in [-0.2, -0.15) is 0 Å². The molecule has 1 saturated heterocycles. The minimum Gasteiger partial charge on any atom is -0.299 e. The van der Waals surface area contributed by atoms with E-state index in [1.807, 2.05) is 12.1 Å². The van der Waals surface area contributed by atoms with Crippen LogP contribution in [-0.4, -0.2) is 38.3 Å². The number of nitrogens with zero attached hydrogens (tertiary/aromatic N) is 1. The zero-order valence-electron chi connectivity index (χ0n) is 17.1. The highest BCUT2D eigenvalue weighted by molar-refractivity contribution is 7.77. The number of rotatable bonds is 7. The topological polar surface area (TPSA) is 52.6 Å². The van der Waals surface area contributed by atoms with Gasteiger partial charge in [-0.05, 0) is 92.4 Å². The minimum atomic E-state index is -1.97. The van der Waals surface area contributed by atoms with Gasteiger partial charge in [-0.25, -0.2) is 8.93 Å². The molecule has 2 aromatic rings. The number of benzene rings is 2. The van der Waals surface area contributed by atoms with Crippen molar-refractivity contribution < 1.29 is 8.76 Å². The predicted octanol–water partition coefficient (Wildman–Crippen LogP) is 4.49. The van der Waals surface area contributed by atoms with Crippen LogP contribution in [0.15, 0.2) is 42.5 Å². The second-order valence-electron chi connectivity index (χ2n) is 9.30. The van der Waals surface area contributed by atoms with Crippen molar-refractivity contribution >= 4 is 22.9 Å². The zero-order valence-corrected chi connectivity index (χ0v) is 18.7. The first-order valence-corrected chi connectivity index (χ1v) is 12.5. The van der Waals surface area contributed by atoms with Gasteiger partial charge in [-0.3, -0.25) is 9.45 Å². The maximum absolute atomic E-state index is 11.4. The lowest BCUT2D eigenvalue weighted by atomic mass is 9.73. The third kappa shape index (κ3) is 4.11. The van der Waals surface area contributed by atoms with E-state index in [9.17, 15) is 8.76 Å². The van der Waals surface area contributed by atoms with Gasteiger partial charge in [0.25, 0.3) is 0 Å². The highest BCUT2D eigenvalue weighted by Crippen LogP contribution is 2.42. The van der Waals surface area contributed by atoms with E-state index in [0.29, 0.717) is 12.0 Å². The fraction of sp³-hybridized carbons (Fsp3) is 0.500. The molecule has 3 atom stereocenters. The van der Waals surface area contributed by atoms with Crippen molar-refractivity contribution in [3.63, 3.8) is 0 Å². The van der Waals surface area contributed by atoms with Gasteiger partial charge in [0.05, 0.1) is 0 Å². The molecule has 1 aliphatic heterocycles. The molecule has 0 aromatic heterocycles. The molecular weight excluding hydrogens is 416 g/mol. The highest BCUT2D eigenvalue weighted by atomic mass is 35.5. The summed E-state index contributed by atoms with van der Waals surface area (Å²) >= 11 is 4.30. The summed E-state index contributed by atoms with van der Waals surface area (Å²) in [7, 11) is 0. The maximum atomic E-state index is 11.4. The summed E-state index contributed by atoms with van der Waals surface area (Å²) in [6.07, 6.45) is 7.26. The molecule has 30 heavy (non-hydrogen) atoms. The van der Waals surface area contributed by atoms with Crippen molar-refractivity contribution in [2.24, 2.45) is 0 Å². The second-order valence-corrected chi connectivity index (χ2v) is 10.4. The quantitative estimate of drug-likeness (QED) is 0.618. The van der Waals surface area contributed by atoms with Crippen LogP contribution in [0, 0.1) is 0 Å². The van der Waals surface area contributed by atoms with Crippen molar-refractivity contribution in [3.8, 4) is 0 Å². The number of hydrogen-bond acceptors (Lipinski definition) is 2. The first-order chi connectivity index (χ1) is 14.5. The zero-order chi connectivity index (χ0) is 20.7. The van der Waals surface area contributed by atoms with Crippen molar-refractivity contribution in [2.75, 3.05) is 13.1 Å². The van der Waals surface area contributed by atoms with Crippen molar-refractivity contribution in [2.45, 2.75) is 62.4 Å². The van der Waals surface area contributed by atoms with Crippen LogP contribution in [0.1, 0.15) is 53.9 Å². The summed E-state index contributed by atoms with van der Waals surface area (Å²) in [6.45, 7) is 2.40. The Morgan fingerprint density at radius 3 is 2.60 bits per heavy atom. The van der Waals surface area contributed by atoms with E-state index in [0.717, 1.165) is 43.5 Å². The van der Waals surface area contributed by atoms with E-state index in [-0.39, 0.29) is 5.54 Å². The van der Waals surface area contributed by atoms with Gasteiger partial charge in [-0.1, -0.05) is 41.9 Å². The number of halogens is 1. The van der Waals surface area contributed by atoms with Gasteiger partial charge in [0, 0.05) is 22.5 Å². The van der Waals surface area contributed by atoms with E-state index >= 15 is 0 Å². The summed E-state index contributed by atoms with van der Waals surface area (Å²) in [5, 5.41) is 0.801. The normalized spacial score (nSPS) is 25.9. The molecule has 160 valence electrons. The molecule has 5 rings (SSSR count). The molecule has 2 N–H and O–H groups in total. The lowest BCUT2D eigenvalue weighted by Gasteiger charge is -2.41. The molecule has 3 unspecified atom stereocenters. The Kier molecular flexibility index (Phi) is 5.76. The molecule has 2 fully saturated rings. The van der Waals surface area contributed by atoms with E-state index in [2.05, 4.69) is 40.0 Å². The molecule has 1 heterocycles. The maximum Gasteiger partial charge on any atom is 0.232 e. The van der Waals surface area contributed by atoms with Gasteiger partial charge < -0.3 is 0 Å². The summed E-state index contributed by atoms with van der Waals surface area (Å²) < 4.78 is 23.7. The summed E-state index contributed by atoms with van der Waals surface area (Å²) in [6, 6.07) is 15.7. The van der Waals surface area contributed by atoms with Crippen LogP contribution in [0.4, 0.5) is 0 Å². The Labute approximate surface area is 186 Å². The van der Waals surface area contributed by atoms with E-state index in [1.165, 1.54) is 41.8 Å². The van der Waals surface area contributed by atoms with Gasteiger partial charge in [0.1, 0.15) is 0 Å². The molecule has 0 radical (unpaired) electrons. The van der Waals surface area contributed by atoms with Crippen molar-refractivity contribution in [1.82, 2.24) is 9.62 Å². The molecule has 4 nitrogen and oxygen atoms in total. The standard InChI is InChI=1S/C24H29ClN2O2S/c25-20-5-1-4-17(12-20)13-22-21-14-18(16-24(8-2-9-24)26-30(28)29)6-7-19(21)15-23(22)27-10-3-11-27/h1,4-7,12,14,22-23,26H,2-3,8-11,13,15-16H2,(H,28,29). The van der Waals surface area contributed by atoms with E-state index in [1.54, 1.807) is 0 Å². The van der Waals surface area contributed by atoms with Crippen LogP contribution in [0.3, 0.4) is 0 Å². The van der Waals surface area contributed by atoms with E-state index < -0.39 is 11.3 Å². The summed E-state index contributed by atoms with van der Waals surface area (Å²) in [4.78, 5) is 2.64. The Morgan fingerprint density at radius 2 is 1.97 bits per heavy atom. The monoisotopic (exact) mass is 444 g/mol. The minimum absolute atomic E-state index is 0.230. The average Bonchev–Trinajstić information content (AvgIpc) is 2.96. The number of hydrogen-bond donors (Lipinski definition) is 2. The molecule has 0 amide bonds. The van der Waals surface area contributed by atoms with Gasteiger partial charge in [0.15, 0.2) is 0 Å². The molecule has 2 aliphatic carbocycles. The Balaban J connectivity index is 1.43. The van der Waals surface area contributed by atoms with Crippen LogP contribution in [-0.2, 0) is 30.5 Å². The Morgan fingerprint density at radius 1 is 1.13 bits per heavy atom. The van der Waals surface area contributed by atoms with Crippen LogP contribution >= 0.6 is 11.6 Å². The highest BCUT2D eigenvalue weighted by Gasteiger charge is 2.40. The van der Waals surface area contributed by atoms with Crippen LogP contribution in [0.5, 0.6) is 0 Å². The molecule has 0 bridgehead atoms. The Hall–Kier alpha value is -1.24. The van der Waals surface area contributed by atoms with Crippen LogP contribution in [0.25, 0.3) is 0 Å². The predicted molar refractivity (Wildman–Crippen MR) is 122 cm³/mol. The summed E-state index contributed by atoms with van der Waals surface area (Å²) in [5.74, 6) is 0.469. The molecular formula is C24H29ClN2O2S. The number of likely N-dealkylation sites (tertiary alicyclic amines) is 1. The van der Waals surface area contributed by atoms with E-state index in [4.69, 9.17) is 11.6 Å². The van der Waals surface area contributed by atoms with Crippen LogP contribution < -0.4 is 4.72 Å². The van der Waals surface area contributed by atoms with Gasteiger partial charge in [0.2, 0.25) is 11.3 Å². The number of fused-ring (bicyclic) bond motifs is 1. The molecule has 1 saturated carbocycles. The molecule has 0 spiro atoms. The fourth-order valence-corrected chi connectivity index (χ4v) is 6.43. The molecule has 3 aliphatic rings. The smallest absolute Gasteiger partial charge is 0.232 e. The Bertz CT molecular complexity index is 958. The average molecular weight is 445 g/mol.